The Morgan fingerprint density at radius 2 is 1.73 bits per heavy atom. The summed E-state index contributed by atoms with van der Waals surface area (Å²) in [7, 11) is 2.95. The van der Waals surface area contributed by atoms with Crippen LogP contribution in [0.25, 0.3) is 0 Å². The third-order valence-electron chi connectivity index (χ3n) is 6.73. The van der Waals surface area contributed by atoms with Crippen LogP contribution in [0.2, 0.25) is 5.02 Å². The molecular weight excluding hydrogens is 500 g/mol. The Labute approximate surface area is 224 Å². The highest BCUT2D eigenvalue weighted by Gasteiger charge is 2.48. The van der Waals surface area contributed by atoms with Crippen LogP contribution in [0, 0.1) is 5.92 Å². The summed E-state index contributed by atoms with van der Waals surface area (Å²) in [6.07, 6.45) is 1.28. The van der Waals surface area contributed by atoms with Crippen molar-refractivity contribution in [2.24, 2.45) is 5.92 Å². The van der Waals surface area contributed by atoms with Crippen LogP contribution >= 0.6 is 11.6 Å². The third-order valence-corrected chi connectivity index (χ3v) is 7.06. The molecule has 1 saturated carbocycles. The van der Waals surface area contributed by atoms with Gasteiger partial charge in [-0.15, -0.1) is 0 Å². The summed E-state index contributed by atoms with van der Waals surface area (Å²) in [6.45, 7) is 8.23. The standard InChI is InChI=1S/C27H39ClN2O7/c1-8-18(2)22(29(6)24(33)37-26(3,4)5)23(32)35-17-36-25(34)30(7)27(16-12-11-15-21(27)31)19-13-9-10-14-20(19)28/h9-10,13-14,18,22H,8,11-12,15-17H2,1-7H3/t18?,22-,27-/m0/s1. The molecule has 1 aliphatic carbocycles. The van der Waals surface area contributed by atoms with Gasteiger partial charge in [0.1, 0.15) is 17.2 Å². The van der Waals surface area contributed by atoms with E-state index < -0.39 is 42.1 Å². The Morgan fingerprint density at radius 1 is 1.08 bits per heavy atom. The number of ether oxygens (including phenoxy) is 3. The molecule has 2 amide bonds. The lowest BCUT2D eigenvalue weighted by atomic mass is 9.74. The van der Waals surface area contributed by atoms with Gasteiger partial charge >= 0.3 is 18.2 Å². The first kappa shape index (κ1) is 30.4. The molecule has 9 nitrogen and oxygen atoms in total. The quantitative estimate of drug-likeness (QED) is 0.316. The van der Waals surface area contributed by atoms with Crippen molar-refractivity contribution in [3.63, 3.8) is 0 Å². The topological polar surface area (TPSA) is 102 Å². The van der Waals surface area contributed by atoms with E-state index >= 15 is 0 Å². The van der Waals surface area contributed by atoms with Crippen molar-refractivity contribution in [1.82, 2.24) is 9.80 Å². The van der Waals surface area contributed by atoms with Crippen molar-refractivity contribution in [3.8, 4) is 0 Å². The number of rotatable bonds is 8. The van der Waals surface area contributed by atoms with Crippen molar-refractivity contribution in [2.45, 2.75) is 83.9 Å². The van der Waals surface area contributed by atoms with Gasteiger partial charge in [-0.05, 0) is 52.0 Å². The van der Waals surface area contributed by atoms with Gasteiger partial charge in [0.05, 0.1) is 0 Å². The highest BCUT2D eigenvalue weighted by atomic mass is 35.5. The highest BCUT2D eigenvalue weighted by Crippen LogP contribution is 2.42. The molecule has 0 aliphatic heterocycles. The normalized spacial score (nSPS) is 19.4. The largest absolute Gasteiger partial charge is 0.444 e. The average molecular weight is 539 g/mol. The SMILES string of the molecule is CCC(C)[C@@H](C(=O)OCOC(=O)N(C)[C@]1(c2ccccc2Cl)CCCCC1=O)N(C)C(=O)OC(C)(C)C. The molecule has 37 heavy (non-hydrogen) atoms. The Hall–Kier alpha value is -2.81. The number of carbonyl (C=O) groups is 4. The summed E-state index contributed by atoms with van der Waals surface area (Å²) in [5.41, 5.74) is -1.47. The van der Waals surface area contributed by atoms with E-state index in [0.717, 1.165) is 12.8 Å². The average Bonchev–Trinajstić information content (AvgIpc) is 2.83. The van der Waals surface area contributed by atoms with E-state index in [1.54, 1.807) is 45.0 Å². The zero-order valence-corrected chi connectivity index (χ0v) is 23.6. The smallest absolute Gasteiger partial charge is 0.413 e. The number of benzene rings is 1. The fraction of sp³-hybridized carbons (Fsp3) is 0.630. The number of Topliss-reactive ketones (excluding diaryl/α,β-unsaturated/α-hetero) is 1. The van der Waals surface area contributed by atoms with Gasteiger partial charge < -0.3 is 14.2 Å². The predicted molar refractivity (Wildman–Crippen MR) is 139 cm³/mol. The van der Waals surface area contributed by atoms with Gasteiger partial charge in [-0.1, -0.05) is 50.1 Å². The van der Waals surface area contributed by atoms with Gasteiger partial charge in [0.25, 0.3) is 0 Å². The second kappa shape index (κ2) is 12.6. The summed E-state index contributed by atoms with van der Waals surface area (Å²) in [5.74, 6) is -1.10. The summed E-state index contributed by atoms with van der Waals surface area (Å²) in [6, 6.07) is 6.00. The number of likely N-dealkylation sites (N-methyl/N-ethyl adjacent to an activating group) is 2. The molecule has 1 unspecified atom stereocenters. The van der Waals surface area contributed by atoms with Gasteiger partial charge in [0.2, 0.25) is 6.79 Å². The van der Waals surface area contributed by atoms with Gasteiger partial charge in [0, 0.05) is 31.1 Å². The number of carbonyl (C=O) groups excluding carboxylic acids is 4. The Bertz CT molecular complexity index is 993. The second-order valence-corrected chi connectivity index (χ2v) is 10.8. The van der Waals surface area contributed by atoms with Crippen LogP contribution in [-0.4, -0.2) is 66.3 Å². The molecule has 0 radical (unpaired) electrons. The van der Waals surface area contributed by atoms with Crippen LogP contribution in [0.5, 0.6) is 0 Å². The molecule has 1 aromatic carbocycles. The fourth-order valence-corrected chi connectivity index (χ4v) is 4.84. The van der Waals surface area contributed by atoms with Crippen LogP contribution in [0.1, 0.15) is 72.3 Å². The molecule has 2 rings (SSSR count). The number of hydrogen-bond donors (Lipinski definition) is 0. The number of nitrogens with zero attached hydrogens (tertiary/aromatic N) is 2. The number of esters is 1. The minimum atomic E-state index is -1.27. The van der Waals surface area contributed by atoms with E-state index in [1.807, 2.05) is 13.8 Å². The number of halogens is 1. The van der Waals surface area contributed by atoms with E-state index in [0.29, 0.717) is 29.8 Å². The first-order valence-corrected chi connectivity index (χ1v) is 12.9. The van der Waals surface area contributed by atoms with Crippen molar-refractivity contribution >= 4 is 35.5 Å². The molecule has 10 heteroatoms. The maximum Gasteiger partial charge on any atom is 0.413 e. The molecule has 0 spiro atoms. The second-order valence-electron chi connectivity index (χ2n) is 10.4. The first-order valence-electron chi connectivity index (χ1n) is 12.6. The van der Waals surface area contributed by atoms with Crippen molar-refractivity contribution in [3.05, 3.63) is 34.9 Å². The Morgan fingerprint density at radius 3 is 2.30 bits per heavy atom. The zero-order valence-electron chi connectivity index (χ0n) is 22.8. The van der Waals surface area contributed by atoms with Crippen LogP contribution in [0.4, 0.5) is 9.59 Å². The number of amides is 2. The monoisotopic (exact) mass is 538 g/mol. The molecule has 0 bridgehead atoms. The minimum absolute atomic E-state index is 0.126. The third kappa shape index (κ3) is 7.15. The molecule has 3 atom stereocenters. The molecule has 1 fully saturated rings. The first-order chi connectivity index (χ1) is 17.3. The highest BCUT2D eigenvalue weighted by molar-refractivity contribution is 6.31. The molecule has 206 valence electrons. The van der Waals surface area contributed by atoms with Crippen LogP contribution in [0.3, 0.4) is 0 Å². The van der Waals surface area contributed by atoms with Gasteiger partial charge in [-0.2, -0.15) is 0 Å². The fourth-order valence-electron chi connectivity index (χ4n) is 4.55. The predicted octanol–water partition coefficient (Wildman–Crippen LogP) is 5.53. The number of ketones is 1. The van der Waals surface area contributed by atoms with Gasteiger partial charge in [-0.3, -0.25) is 14.6 Å². The summed E-state index contributed by atoms with van der Waals surface area (Å²) >= 11 is 6.44. The van der Waals surface area contributed by atoms with Crippen LogP contribution in [0.15, 0.2) is 24.3 Å². The van der Waals surface area contributed by atoms with Crippen LogP contribution < -0.4 is 0 Å². The van der Waals surface area contributed by atoms with Crippen molar-refractivity contribution < 1.29 is 33.4 Å². The molecule has 1 aliphatic rings. The van der Waals surface area contributed by atoms with Crippen molar-refractivity contribution in [1.29, 1.82) is 0 Å². The van der Waals surface area contributed by atoms with E-state index in [4.69, 9.17) is 25.8 Å². The van der Waals surface area contributed by atoms with E-state index in [1.165, 1.54) is 23.9 Å². The maximum absolute atomic E-state index is 13.2. The molecule has 0 saturated heterocycles. The lowest BCUT2D eigenvalue weighted by Gasteiger charge is -2.43. The minimum Gasteiger partial charge on any atom is -0.444 e. The molecule has 0 aromatic heterocycles. The zero-order chi connectivity index (χ0) is 28.0. The summed E-state index contributed by atoms with van der Waals surface area (Å²) in [5, 5.41) is 0.380. The molecule has 0 heterocycles. The van der Waals surface area contributed by atoms with Gasteiger partial charge in [-0.25, -0.2) is 14.4 Å². The van der Waals surface area contributed by atoms with Crippen molar-refractivity contribution in [2.75, 3.05) is 20.9 Å². The van der Waals surface area contributed by atoms with E-state index in [9.17, 15) is 19.2 Å². The van der Waals surface area contributed by atoms with E-state index in [2.05, 4.69) is 0 Å². The van der Waals surface area contributed by atoms with Gasteiger partial charge in [0.15, 0.2) is 5.78 Å². The van der Waals surface area contributed by atoms with E-state index in [-0.39, 0.29) is 11.7 Å². The maximum atomic E-state index is 13.2. The molecule has 1 aromatic rings. The Balaban J connectivity index is 2.14. The molecule has 0 N–H and O–H groups in total. The van der Waals surface area contributed by atoms with Crippen LogP contribution in [-0.2, 0) is 29.3 Å². The Kier molecular flexibility index (Phi) is 10.4. The number of hydrogen-bond acceptors (Lipinski definition) is 7. The lowest BCUT2D eigenvalue weighted by molar-refractivity contribution is -0.161. The lowest BCUT2D eigenvalue weighted by Crippen LogP contribution is -2.54. The summed E-state index contributed by atoms with van der Waals surface area (Å²) in [4.78, 5) is 54.2. The summed E-state index contributed by atoms with van der Waals surface area (Å²) < 4.78 is 15.9. The molecular formula is C27H39ClN2O7.